The molecule has 0 aliphatic heterocycles. The van der Waals surface area contributed by atoms with E-state index in [0.717, 1.165) is 6.42 Å². The summed E-state index contributed by atoms with van der Waals surface area (Å²) in [4.78, 5) is 11.8. The zero-order valence-corrected chi connectivity index (χ0v) is 16.5. The minimum absolute atomic E-state index is 0.109. The number of rotatable bonds is 5. The second-order valence-corrected chi connectivity index (χ2v) is 9.95. The van der Waals surface area contributed by atoms with E-state index >= 15 is 0 Å². The maximum Gasteiger partial charge on any atom is 0.407 e. The summed E-state index contributed by atoms with van der Waals surface area (Å²) in [5, 5.41) is 6.79. The lowest BCUT2D eigenvalue weighted by molar-refractivity contribution is 0.0516. The third-order valence-corrected chi connectivity index (χ3v) is 4.11. The van der Waals surface area contributed by atoms with E-state index in [-0.39, 0.29) is 11.6 Å². The fourth-order valence-corrected chi connectivity index (χ4v) is 3.88. The molecule has 1 fully saturated rings. The molecule has 4 heteroatoms. The standard InChI is InChI=1S/C19H38N2O2/c1-17(2,3)13-19(7,8)21-15-11-9-10-14(15)12-20-16(22)23-18(4,5)6/h14-15,21H,9-13H2,1-8H3,(H,20,22). The molecule has 136 valence electrons. The Morgan fingerprint density at radius 1 is 1.04 bits per heavy atom. The van der Waals surface area contributed by atoms with Gasteiger partial charge in [-0.2, -0.15) is 0 Å². The molecule has 0 saturated heterocycles. The molecule has 1 aliphatic rings. The summed E-state index contributed by atoms with van der Waals surface area (Å²) in [6, 6.07) is 0.474. The Bertz CT molecular complexity index is 391. The van der Waals surface area contributed by atoms with E-state index < -0.39 is 5.60 Å². The molecule has 0 heterocycles. The zero-order valence-electron chi connectivity index (χ0n) is 16.5. The Hall–Kier alpha value is -0.770. The van der Waals surface area contributed by atoms with Gasteiger partial charge in [-0.05, 0) is 65.2 Å². The first kappa shape index (κ1) is 20.3. The van der Waals surface area contributed by atoms with E-state index in [1.165, 1.54) is 19.3 Å². The van der Waals surface area contributed by atoms with E-state index in [1.54, 1.807) is 0 Å². The van der Waals surface area contributed by atoms with Crippen molar-refractivity contribution < 1.29 is 9.53 Å². The number of amides is 1. The summed E-state index contributed by atoms with van der Waals surface area (Å²) in [5.41, 5.74) is -0.0249. The molecule has 2 N–H and O–H groups in total. The van der Waals surface area contributed by atoms with Gasteiger partial charge in [0.15, 0.2) is 0 Å². The van der Waals surface area contributed by atoms with Gasteiger partial charge in [-0.25, -0.2) is 4.79 Å². The van der Waals surface area contributed by atoms with Crippen LogP contribution >= 0.6 is 0 Å². The van der Waals surface area contributed by atoms with Crippen LogP contribution < -0.4 is 10.6 Å². The quantitative estimate of drug-likeness (QED) is 0.783. The van der Waals surface area contributed by atoms with Crippen molar-refractivity contribution >= 4 is 6.09 Å². The van der Waals surface area contributed by atoms with Crippen molar-refractivity contribution in [3.63, 3.8) is 0 Å². The average molecular weight is 327 g/mol. The van der Waals surface area contributed by atoms with Crippen LogP contribution in [0.5, 0.6) is 0 Å². The van der Waals surface area contributed by atoms with Crippen molar-refractivity contribution in [1.29, 1.82) is 0 Å². The number of nitrogens with one attached hydrogen (secondary N) is 2. The molecular weight excluding hydrogens is 288 g/mol. The normalized spacial score (nSPS) is 23.0. The van der Waals surface area contributed by atoms with Crippen molar-refractivity contribution in [2.45, 2.75) is 98.3 Å². The van der Waals surface area contributed by atoms with E-state index in [1.807, 2.05) is 20.8 Å². The van der Waals surface area contributed by atoms with Gasteiger partial charge in [0.2, 0.25) is 0 Å². The van der Waals surface area contributed by atoms with E-state index in [2.05, 4.69) is 45.3 Å². The minimum Gasteiger partial charge on any atom is -0.444 e. The van der Waals surface area contributed by atoms with Crippen LogP contribution in [-0.4, -0.2) is 29.8 Å². The third kappa shape index (κ3) is 8.59. The molecule has 0 radical (unpaired) electrons. The van der Waals surface area contributed by atoms with Gasteiger partial charge in [0.25, 0.3) is 0 Å². The smallest absolute Gasteiger partial charge is 0.407 e. The Kier molecular flexibility index (Phi) is 6.54. The highest BCUT2D eigenvalue weighted by molar-refractivity contribution is 5.67. The van der Waals surface area contributed by atoms with Crippen molar-refractivity contribution in [3.8, 4) is 0 Å². The molecule has 0 aromatic rings. The van der Waals surface area contributed by atoms with Crippen molar-refractivity contribution in [3.05, 3.63) is 0 Å². The molecule has 0 bridgehead atoms. The average Bonchev–Trinajstić information content (AvgIpc) is 2.66. The minimum atomic E-state index is -0.438. The number of alkyl carbamates (subject to hydrolysis) is 1. The molecule has 1 aliphatic carbocycles. The van der Waals surface area contributed by atoms with Gasteiger partial charge >= 0.3 is 6.09 Å². The maximum absolute atomic E-state index is 11.8. The molecule has 0 aromatic heterocycles. The van der Waals surface area contributed by atoms with Crippen molar-refractivity contribution in [2.75, 3.05) is 6.54 Å². The molecule has 4 nitrogen and oxygen atoms in total. The zero-order chi connectivity index (χ0) is 17.9. The highest BCUT2D eigenvalue weighted by atomic mass is 16.6. The van der Waals surface area contributed by atoms with E-state index in [4.69, 9.17) is 4.74 Å². The van der Waals surface area contributed by atoms with Crippen LogP contribution in [0.25, 0.3) is 0 Å². The van der Waals surface area contributed by atoms with Gasteiger partial charge < -0.3 is 15.4 Å². The van der Waals surface area contributed by atoms with Crippen molar-refractivity contribution in [2.24, 2.45) is 11.3 Å². The van der Waals surface area contributed by atoms with Crippen LogP contribution in [0.2, 0.25) is 0 Å². The Morgan fingerprint density at radius 2 is 1.65 bits per heavy atom. The van der Waals surface area contributed by atoms with Gasteiger partial charge in [0, 0.05) is 18.1 Å². The van der Waals surface area contributed by atoms with Gasteiger partial charge in [-0.3, -0.25) is 0 Å². The van der Waals surface area contributed by atoms with Crippen LogP contribution in [0.3, 0.4) is 0 Å². The Balaban J connectivity index is 2.49. The molecule has 1 amide bonds. The molecule has 23 heavy (non-hydrogen) atoms. The van der Waals surface area contributed by atoms with Crippen LogP contribution in [0.4, 0.5) is 4.79 Å². The fourth-order valence-electron chi connectivity index (χ4n) is 3.88. The predicted molar refractivity (Wildman–Crippen MR) is 96.7 cm³/mol. The number of hydrogen-bond acceptors (Lipinski definition) is 3. The maximum atomic E-state index is 11.8. The van der Waals surface area contributed by atoms with E-state index in [0.29, 0.717) is 23.9 Å². The van der Waals surface area contributed by atoms with Crippen LogP contribution in [-0.2, 0) is 4.74 Å². The monoisotopic (exact) mass is 326 g/mol. The fraction of sp³-hybridized carbons (Fsp3) is 0.947. The molecule has 0 spiro atoms. The molecule has 2 atom stereocenters. The Labute approximate surface area is 143 Å². The van der Waals surface area contributed by atoms with Gasteiger partial charge in [0.05, 0.1) is 0 Å². The number of hydrogen-bond donors (Lipinski definition) is 2. The van der Waals surface area contributed by atoms with Crippen molar-refractivity contribution in [1.82, 2.24) is 10.6 Å². The summed E-state index contributed by atoms with van der Waals surface area (Å²) in [7, 11) is 0. The first-order chi connectivity index (χ1) is 10.3. The highest BCUT2D eigenvalue weighted by Crippen LogP contribution is 2.31. The Morgan fingerprint density at radius 3 is 2.17 bits per heavy atom. The number of carbonyl (C=O) groups is 1. The summed E-state index contributed by atoms with van der Waals surface area (Å²) >= 11 is 0. The first-order valence-corrected chi connectivity index (χ1v) is 9.02. The number of carbonyl (C=O) groups excluding carboxylic acids is 1. The molecule has 0 aromatic carbocycles. The van der Waals surface area contributed by atoms with Gasteiger partial charge in [-0.15, -0.1) is 0 Å². The summed E-state index contributed by atoms with van der Waals surface area (Å²) < 4.78 is 5.33. The SMILES string of the molecule is CC(C)(C)CC(C)(C)NC1CCCC1CNC(=O)OC(C)(C)C. The molecule has 1 rings (SSSR count). The largest absolute Gasteiger partial charge is 0.444 e. The lowest BCUT2D eigenvalue weighted by Gasteiger charge is -2.37. The molecule has 2 unspecified atom stereocenters. The lowest BCUT2D eigenvalue weighted by Crippen LogP contribution is -2.51. The topological polar surface area (TPSA) is 50.4 Å². The summed E-state index contributed by atoms with van der Waals surface area (Å²) in [5.74, 6) is 0.488. The summed E-state index contributed by atoms with van der Waals surface area (Å²) in [6.07, 6.45) is 4.40. The van der Waals surface area contributed by atoms with Gasteiger partial charge in [-0.1, -0.05) is 27.2 Å². The molecule has 1 saturated carbocycles. The highest BCUT2D eigenvalue weighted by Gasteiger charge is 2.34. The summed E-state index contributed by atoms with van der Waals surface area (Å²) in [6.45, 7) is 17.8. The first-order valence-electron chi connectivity index (χ1n) is 9.02. The van der Waals surface area contributed by atoms with Crippen LogP contribution in [0.15, 0.2) is 0 Å². The third-order valence-electron chi connectivity index (χ3n) is 4.11. The second-order valence-electron chi connectivity index (χ2n) is 9.95. The second kappa shape index (κ2) is 7.42. The number of ether oxygens (including phenoxy) is 1. The van der Waals surface area contributed by atoms with E-state index in [9.17, 15) is 4.79 Å². The lowest BCUT2D eigenvalue weighted by atomic mass is 9.81. The predicted octanol–water partition coefficient (Wildman–Crippen LogP) is 4.48. The van der Waals surface area contributed by atoms with Crippen LogP contribution in [0, 0.1) is 11.3 Å². The molecular formula is C19H38N2O2. The van der Waals surface area contributed by atoms with Crippen LogP contribution in [0.1, 0.15) is 81.1 Å². The van der Waals surface area contributed by atoms with Gasteiger partial charge in [0.1, 0.15) is 5.60 Å².